The van der Waals surface area contributed by atoms with Crippen LogP contribution in [0.15, 0.2) is 0 Å². The Balaban J connectivity index is 0. The van der Waals surface area contributed by atoms with Crippen molar-refractivity contribution < 1.29 is 19.5 Å². The number of rotatable bonds is 7. The van der Waals surface area contributed by atoms with Crippen LogP contribution in [0.2, 0.25) is 0 Å². The van der Waals surface area contributed by atoms with E-state index in [0.717, 1.165) is 27.4 Å². The van der Waals surface area contributed by atoms with Gasteiger partial charge in [-0.15, -0.1) is 8.58 Å². The largest absolute Gasteiger partial charge is 0.480 e. The maximum absolute atomic E-state index is 10.8. The molecule has 8 heteroatoms. The normalized spacial score (nSPS) is 15.0. The van der Waals surface area contributed by atoms with Gasteiger partial charge in [-0.25, -0.2) is 0 Å². The van der Waals surface area contributed by atoms with Gasteiger partial charge in [0.25, 0.3) is 0 Å². The molecule has 4 atom stereocenters. The second kappa shape index (κ2) is 12.0. The van der Waals surface area contributed by atoms with Gasteiger partial charge in [-0.3, -0.25) is 9.59 Å². The zero-order valence-corrected chi connectivity index (χ0v) is 12.6. The standard InChI is InChI=1S/C6H12N2O3.C5H12NOP/c1-3(7)5(9)8-4(2)6(10)11;1-8-3-2-5(6)4-7/h3-4H,7H2,1-2H3,(H,8,9)(H,10,11);4-5,8H,2-3,6H2,1H3/t3-,4-;/m0./s1. The van der Waals surface area contributed by atoms with Crippen molar-refractivity contribution in [1.82, 2.24) is 5.32 Å². The molecule has 19 heavy (non-hydrogen) atoms. The number of aldehydes is 1. The molecule has 7 nitrogen and oxygen atoms in total. The molecule has 0 aromatic rings. The summed E-state index contributed by atoms with van der Waals surface area (Å²) in [6.45, 7) is 4.98. The second-order valence-electron chi connectivity index (χ2n) is 4.05. The zero-order valence-electron chi connectivity index (χ0n) is 11.6. The van der Waals surface area contributed by atoms with Gasteiger partial charge >= 0.3 is 5.97 Å². The Labute approximate surface area is 115 Å². The van der Waals surface area contributed by atoms with Crippen molar-refractivity contribution in [2.45, 2.75) is 38.4 Å². The minimum absolute atomic E-state index is 0.220. The summed E-state index contributed by atoms with van der Waals surface area (Å²) >= 11 is 0. The van der Waals surface area contributed by atoms with E-state index in [1.807, 2.05) is 0 Å². The van der Waals surface area contributed by atoms with Gasteiger partial charge in [0.1, 0.15) is 12.3 Å². The zero-order chi connectivity index (χ0) is 15.4. The minimum Gasteiger partial charge on any atom is -0.480 e. The lowest BCUT2D eigenvalue weighted by atomic mass is 10.3. The van der Waals surface area contributed by atoms with Crippen molar-refractivity contribution in [3.8, 4) is 0 Å². The van der Waals surface area contributed by atoms with Crippen LogP contribution in [0.4, 0.5) is 0 Å². The van der Waals surface area contributed by atoms with Crippen molar-refractivity contribution in [2.75, 3.05) is 12.8 Å². The molecule has 112 valence electrons. The number of aliphatic carboxylic acids is 1. The third-order valence-corrected chi connectivity index (χ3v) is 2.83. The number of carbonyl (C=O) groups excluding carboxylic acids is 2. The van der Waals surface area contributed by atoms with E-state index >= 15 is 0 Å². The molecule has 0 fully saturated rings. The quantitative estimate of drug-likeness (QED) is 0.356. The fourth-order valence-corrected chi connectivity index (χ4v) is 1.41. The summed E-state index contributed by atoms with van der Waals surface area (Å²) in [6, 6.07) is -1.77. The van der Waals surface area contributed by atoms with E-state index in [0.29, 0.717) is 0 Å². The average Bonchev–Trinajstić information content (AvgIpc) is 2.36. The molecular formula is C11H24N3O4P. The highest BCUT2D eigenvalue weighted by molar-refractivity contribution is 7.36. The number of carboxylic acids is 1. The van der Waals surface area contributed by atoms with E-state index < -0.39 is 24.0 Å². The number of nitrogens with two attached hydrogens (primary N) is 2. The van der Waals surface area contributed by atoms with Gasteiger partial charge < -0.3 is 26.7 Å². The first kappa shape index (κ1) is 20.3. The molecule has 0 spiro atoms. The molecule has 0 aromatic heterocycles. The van der Waals surface area contributed by atoms with E-state index in [2.05, 4.69) is 12.0 Å². The molecule has 0 saturated carbocycles. The lowest BCUT2D eigenvalue weighted by Crippen LogP contribution is -2.45. The molecule has 0 aromatic carbocycles. The Kier molecular flexibility index (Phi) is 12.8. The number of hydrogen-bond donors (Lipinski definition) is 4. The number of nitrogens with one attached hydrogen (secondary N) is 1. The molecule has 1 amide bonds. The lowest BCUT2D eigenvalue weighted by Gasteiger charge is -2.10. The molecule has 0 aliphatic rings. The summed E-state index contributed by atoms with van der Waals surface area (Å²) in [6.07, 6.45) is 2.73. The minimum atomic E-state index is -1.07. The van der Waals surface area contributed by atoms with Gasteiger partial charge in [0.05, 0.1) is 12.1 Å². The monoisotopic (exact) mass is 293 g/mol. The highest BCUT2D eigenvalue weighted by atomic mass is 31.1. The smallest absolute Gasteiger partial charge is 0.325 e. The van der Waals surface area contributed by atoms with Crippen LogP contribution in [0.25, 0.3) is 0 Å². The molecule has 0 aliphatic carbocycles. The summed E-state index contributed by atoms with van der Waals surface area (Å²) in [5, 5.41) is 10.6. The number of carboxylic acid groups (broad SMARTS) is 1. The Morgan fingerprint density at radius 3 is 2.21 bits per heavy atom. The van der Waals surface area contributed by atoms with Crippen LogP contribution in [0.1, 0.15) is 20.3 Å². The van der Waals surface area contributed by atoms with Crippen molar-refractivity contribution in [1.29, 1.82) is 0 Å². The van der Waals surface area contributed by atoms with Crippen molar-refractivity contribution in [3.05, 3.63) is 0 Å². The van der Waals surface area contributed by atoms with Crippen molar-refractivity contribution in [3.63, 3.8) is 0 Å². The molecular weight excluding hydrogens is 269 g/mol. The van der Waals surface area contributed by atoms with Crippen LogP contribution in [0.5, 0.6) is 0 Å². The Morgan fingerprint density at radius 2 is 1.89 bits per heavy atom. The maximum atomic E-state index is 10.8. The molecule has 0 radical (unpaired) electrons. The molecule has 0 bridgehead atoms. The third kappa shape index (κ3) is 13.2. The fraction of sp³-hybridized carbons (Fsp3) is 0.727. The van der Waals surface area contributed by atoms with Gasteiger partial charge in [-0.1, -0.05) is 0 Å². The first-order valence-corrected chi connectivity index (χ1v) is 7.61. The van der Waals surface area contributed by atoms with Crippen LogP contribution in [-0.4, -0.2) is 54.2 Å². The number of hydrogen-bond acceptors (Lipinski definition) is 5. The first-order chi connectivity index (χ1) is 8.76. The van der Waals surface area contributed by atoms with Crippen LogP contribution in [-0.2, 0) is 14.4 Å². The van der Waals surface area contributed by atoms with Gasteiger partial charge in [0.2, 0.25) is 5.91 Å². The van der Waals surface area contributed by atoms with E-state index in [1.54, 1.807) is 0 Å². The summed E-state index contributed by atoms with van der Waals surface area (Å²) in [5.74, 6) is -1.53. The van der Waals surface area contributed by atoms with Crippen LogP contribution in [0, 0.1) is 0 Å². The highest BCUT2D eigenvalue weighted by Gasteiger charge is 2.15. The molecule has 6 N–H and O–H groups in total. The van der Waals surface area contributed by atoms with Crippen molar-refractivity contribution >= 4 is 26.7 Å². The number of amides is 1. The first-order valence-electron chi connectivity index (χ1n) is 5.90. The molecule has 0 heterocycles. The maximum Gasteiger partial charge on any atom is 0.325 e. The molecule has 2 unspecified atom stereocenters. The Hall–Kier alpha value is -1.04. The van der Waals surface area contributed by atoms with Gasteiger partial charge in [-0.2, -0.15) is 0 Å². The predicted molar refractivity (Wildman–Crippen MR) is 76.7 cm³/mol. The Morgan fingerprint density at radius 1 is 1.37 bits per heavy atom. The summed E-state index contributed by atoms with van der Waals surface area (Å²) in [5.41, 5.74) is 10.5. The van der Waals surface area contributed by atoms with Gasteiger partial charge in [0.15, 0.2) is 0 Å². The Bertz CT molecular complexity index is 287. The van der Waals surface area contributed by atoms with E-state index in [1.165, 1.54) is 13.8 Å². The number of carbonyl (C=O) groups is 3. The van der Waals surface area contributed by atoms with E-state index in [-0.39, 0.29) is 6.04 Å². The summed E-state index contributed by atoms with van der Waals surface area (Å²) in [7, 11) is 0.915. The highest BCUT2D eigenvalue weighted by Crippen LogP contribution is 2.03. The average molecular weight is 293 g/mol. The molecule has 0 aliphatic heterocycles. The summed E-state index contributed by atoms with van der Waals surface area (Å²) < 4.78 is 0. The third-order valence-electron chi connectivity index (χ3n) is 2.05. The van der Waals surface area contributed by atoms with Gasteiger partial charge in [0, 0.05) is 0 Å². The van der Waals surface area contributed by atoms with E-state index in [4.69, 9.17) is 16.6 Å². The molecule has 0 rings (SSSR count). The topological polar surface area (TPSA) is 136 Å². The second-order valence-corrected chi connectivity index (χ2v) is 5.26. The van der Waals surface area contributed by atoms with E-state index in [9.17, 15) is 14.4 Å². The van der Waals surface area contributed by atoms with Crippen LogP contribution >= 0.6 is 8.58 Å². The van der Waals surface area contributed by atoms with Crippen LogP contribution in [0.3, 0.4) is 0 Å². The fourth-order valence-electron chi connectivity index (χ4n) is 0.786. The summed E-state index contributed by atoms with van der Waals surface area (Å²) in [4.78, 5) is 30.8. The SMILES string of the molecule is CPCCC(N)C=O.C[C@H](N)C(=O)N[C@@H](C)C(=O)O. The van der Waals surface area contributed by atoms with Crippen molar-refractivity contribution in [2.24, 2.45) is 11.5 Å². The molecule has 0 saturated heterocycles. The lowest BCUT2D eigenvalue weighted by molar-refractivity contribution is -0.141. The van der Waals surface area contributed by atoms with Crippen LogP contribution < -0.4 is 16.8 Å². The predicted octanol–water partition coefficient (Wildman–Crippen LogP) is -0.866. The van der Waals surface area contributed by atoms with Gasteiger partial charge in [-0.05, 0) is 33.1 Å².